The summed E-state index contributed by atoms with van der Waals surface area (Å²) in [6.45, 7) is 2.62. The minimum Gasteiger partial charge on any atom is -0.497 e. The van der Waals surface area contributed by atoms with E-state index in [-0.39, 0.29) is 11.3 Å². The second-order valence-corrected chi connectivity index (χ2v) is 4.33. The maximum atomic E-state index is 13.8. The largest absolute Gasteiger partial charge is 0.497 e. The maximum absolute atomic E-state index is 13.8. The van der Waals surface area contributed by atoms with Gasteiger partial charge in [0.1, 0.15) is 17.4 Å². The normalized spacial score (nSPS) is 24.8. The average molecular weight is 227 g/mol. The smallest absolute Gasteiger partial charge is 0.134 e. The van der Waals surface area contributed by atoms with Gasteiger partial charge in [0.15, 0.2) is 0 Å². The van der Waals surface area contributed by atoms with Crippen LogP contribution < -0.4 is 10.1 Å². The molecule has 16 heavy (non-hydrogen) atoms. The fourth-order valence-corrected chi connectivity index (χ4v) is 2.30. The van der Waals surface area contributed by atoms with Crippen LogP contribution in [0, 0.1) is 11.6 Å². The number of benzene rings is 1. The van der Waals surface area contributed by atoms with Crippen molar-refractivity contribution in [1.82, 2.24) is 5.32 Å². The Bertz CT molecular complexity index is 377. The van der Waals surface area contributed by atoms with Crippen molar-refractivity contribution in [2.75, 3.05) is 13.7 Å². The first kappa shape index (κ1) is 11.3. The summed E-state index contributed by atoms with van der Waals surface area (Å²) in [7, 11) is 1.39. The molecule has 1 aliphatic heterocycles. The van der Waals surface area contributed by atoms with E-state index in [0.717, 1.165) is 19.4 Å². The van der Waals surface area contributed by atoms with Crippen molar-refractivity contribution in [2.24, 2.45) is 0 Å². The Kier molecular flexibility index (Phi) is 2.84. The third-order valence-corrected chi connectivity index (χ3v) is 3.17. The van der Waals surface area contributed by atoms with Crippen molar-refractivity contribution in [3.8, 4) is 5.75 Å². The quantitative estimate of drug-likeness (QED) is 0.838. The van der Waals surface area contributed by atoms with E-state index in [0.29, 0.717) is 0 Å². The van der Waals surface area contributed by atoms with Gasteiger partial charge in [-0.15, -0.1) is 0 Å². The highest BCUT2D eigenvalue weighted by molar-refractivity contribution is 5.35. The number of nitrogens with one attached hydrogen (secondary N) is 1. The summed E-state index contributed by atoms with van der Waals surface area (Å²) in [5, 5.41) is 3.15. The molecule has 0 spiro atoms. The molecule has 0 saturated carbocycles. The molecule has 0 amide bonds. The van der Waals surface area contributed by atoms with Crippen LogP contribution in [0.4, 0.5) is 8.78 Å². The van der Waals surface area contributed by atoms with Gasteiger partial charge < -0.3 is 10.1 Å². The Morgan fingerprint density at radius 1 is 1.31 bits per heavy atom. The number of ether oxygens (including phenoxy) is 1. The monoisotopic (exact) mass is 227 g/mol. The van der Waals surface area contributed by atoms with E-state index < -0.39 is 17.2 Å². The van der Waals surface area contributed by atoms with E-state index >= 15 is 0 Å². The van der Waals surface area contributed by atoms with Crippen molar-refractivity contribution in [2.45, 2.75) is 25.3 Å². The summed E-state index contributed by atoms with van der Waals surface area (Å²) in [4.78, 5) is 0. The van der Waals surface area contributed by atoms with Gasteiger partial charge in [-0.1, -0.05) is 0 Å². The highest BCUT2D eigenvalue weighted by Gasteiger charge is 2.35. The van der Waals surface area contributed by atoms with E-state index in [1.165, 1.54) is 19.2 Å². The molecule has 1 aromatic carbocycles. The van der Waals surface area contributed by atoms with Gasteiger partial charge in [0.25, 0.3) is 0 Å². The summed E-state index contributed by atoms with van der Waals surface area (Å²) in [6.07, 6.45) is 1.68. The number of hydrogen-bond donors (Lipinski definition) is 1. The minimum atomic E-state index is -0.597. The van der Waals surface area contributed by atoms with Crippen molar-refractivity contribution >= 4 is 0 Å². The number of halogens is 2. The summed E-state index contributed by atoms with van der Waals surface area (Å²) in [5.74, 6) is -0.886. The van der Waals surface area contributed by atoms with Gasteiger partial charge in [-0.3, -0.25) is 0 Å². The zero-order valence-electron chi connectivity index (χ0n) is 9.44. The molecule has 4 heteroatoms. The van der Waals surface area contributed by atoms with Crippen LogP contribution in [0.15, 0.2) is 12.1 Å². The number of rotatable bonds is 2. The third kappa shape index (κ3) is 1.78. The van der Waals surface area contributed by atoms with Gasteiger partial charge in [0, 0.05) is 23.2 Å². The standard InChI is InChI=1S/C12H15F2NO/c1-12(4-3-5-15-12)11-9(13)6-8(16-2)7-10(11)14/h6-7,15H,3-5H2,1-2H3. The Balaban J connectivity index is 2.48. The molecule has 2 rings (SSSR count). The number of methoxy groups -OCH3 is 1. The van der Waals surface area contributed by atoms with Crippen LogP contribution >= 0.6 is 0 Å². The fraction of sp³-hybridized carbons (Fsp3) is 0.500. The van der Waals surface area contributed by atoms with Crippen molar-refractivity contribution < 1.29 is 13.5 Å². The highest BCUT2D eigenvalue weighted by Crippen LogP contribution is 2.35. The predicted molar refractivity (Wildman–Crippen MR) is 57.5 cm³/mol. The van der Waals surface area contributed by atoms with Crippen LogP contribution in [0.2, 0.25) is 0 Å². The van der Waals surface area contributed by atoms with Crippen LogP contribution in [-0.4, -0.2) is 13.7 Å². The van der Waals surface area contributed by atoms with Crippen LogP contribution in [0.1, 0.15) is 25.3 Å². The molecule has 1 unspecified atom stereocenters. The minimum absolute atomic E-state index is 0.116. The molecule has 2 nitrogen and oxygen atoms in total. The lowest BCUT2D eigenvalue weighted by atomic mass is 9.89. The molecule has 1 atom stereocenters. The fourth-order valence-electron chi connectivity index (χ4n) is 2.30. The van der Waals surface area contributed by atoms with E-state index in [9.17, 15) is 8.78 Å². The Morgan fingerprint density at radius 2 is 1.94 bits per heavy atom. The Hall–Kier alpha value is -1.16. The average Bonchev–Trinajstić information content (AvgIpc) is 2.64. The van der Waals surface area contributed by atoms with E-state index in [4.69, 9.17) is 4.74 Å². The predicted octanol–water partition coefficient (Wildman–Crippen LogP) is 2.57. The van der Waals surface area contributed by atoms with Crippen molar-refractivity contribution in [1.29, 1.82) is 0 Å². The molecular formula is C12H15F2NO. The summed E-state index contributed by atoms with van der Waals surface area (Å²) in [5.41, 5.74) is -0.480. The molecule has 0 aromatic heterocycles. The summed E-state index contributed by atoms with van der Waals surface area (Å²) in [6, 6.07) is 2.45. The molecule has 88 valence electrons. The summed E-state index contributed by atoms with van der Waals surface area (Å²) >= 11 is 0. The van der Waals surface area contributed by atoms with Gasteiger partial charge in [-0.2, -0.15) is 0 Å². The second kappa shape index (κ2) is 4.01. The first-order valence-electron chi connectivity index (χ1n) is 5.35. The van der Waals surface area contributed by atoms with Crippen LogP contribution in [0.3, 0.4) is 0 Å². The Labute approximate surface area is 93.6 Å². The first-order valence-corrected chi connectivity index (χ1v) is 5.35. The molecule has 1 aromatic rings. The van der Waals surface area contributed by atoms with Gasteiger partial charge in [0.2, 0.25) is 0 Å². The van der Waals surface area contributed by atoms with E-state index in [2.05, 4.69) is 5.32 Å². The molecule has 0 radical (unpaired) electrons. The lowest BCUT2D eigenvalue weighted by Crippen LogP contribution is -2.35. The van der Waals surface area contributed by atoms with Crippen molar-refractivity contribution in [3.63, 3.8) is 0 Å². The zero-order chi connectivity index (χ0) is 11.8. The summed E-state index contributed by atoms with van der Waals surface area (Å²) < 4.78 is 32.5. The lowest BCUT2D eigenvalue weighted by molar-refractivity contribution is 0.372. The lowest BCUT2D eigenvalue weighted by Gasteiger charge is -2.26. The van der Waals surface area contributed by atoms with Crippen LogP contribution in [-0.2, 0) is 5.54 Å². The Morgan fingerprint density at radius 3 is 2.38 bits per heavy atom. The van der Waals surface area contributed by atoms with Gasteiger partial charge >= 0.3 is 0 Å². The third-order valence-electron chi connectivity index (χ3n) is 3.17. The molecule has 1 saturated heterocycles. The zero-order valence-corrected chi connectivity index (χ0v) is 9.44. The van der Waals surface area contributed by atoms with Gasteiger partial charge in [-0.05, 0) is 26.3 Å². The maximum Gasteiger partial charge on any atom is 0.134 e. The molecule has 0 aliphatic carbocycles. The molecule has 1 fully saturated rings. The molecule has 1 N–H and O–H groups in total. The topological polar surface area (TPSA) is 21.3 Å². The van der Waals surface area contributed by atoms with E-state index in [1.54, 1.807) is 0 Å². The molecular weight excluding hydrogens is 212 g/mol. The molecule has 0 bridgehead atoms. The second-order valence-electron chi connectivity index (χ2n) is 4.33. The SMILES string of the molecule is COc1cc(F)c(C2(C)CCCN2)c(F)c1. The molecule has 1 heterocycles. The first-order chi connectivity index (χ1) is 7.57. The number of hydrogen-bond acceptors (Lipinski definition) is 2. The van der Waals surface area contributed by atoms with E-state index in [1.807, 2.05) is 6.92 Å². The van der Waals surface area contributed by atoms with Crippen LogP contribution in [0.25, 0.3) is 0 Å². The van der Waals surface area contributed by atoms with Gasteiger partial charge in [0.05, 0.1) is 7.11 Å². The van der Waals surface area contributed by atoms with Crippen molar-refractivity contribution in [3.05, 3.63) is 29.3 Å². The molecule has 1 aliphatic rings. The van der Waals surface area contributed by atoms with Crippen LogP contribution in [0.5, 0.6) is 5.75 Å². The van der Waals surface area contributed by atoms with Gasteiger partial charge in [-0.25, -0.2) is 8.78 Å². The highest BCUT2D eigenvalue weighted by atomic mass is 19.1.